The lowest BCUT2D eigenvalue weighted by Gasteiger charge is -2.14. The molecular weight excluding hydrogens is 354 g/mol. The molecule has 0 bridgehead atoms. The third-order valence-corrected chi connectivity index (χ3v) is 5.29. The van der Waals surface area contributed by atoms with Gasteiger partial charge in [0.15, 0.2) is 0 Å². The van der Waals surface area contributed by atoms with E-state index in [0.717, 1.165) is 0 Å². The number of likely N-dealkylation sites (tertiary alicyclic amines) is 1. The number of carbonyl (C=O) groups excluding carboxylic acids is 2. The molecule has 136 valence electrons. The predicted octanol–water partition coefficient (Wildman–Crippen LogP) is 3.18. The van der Waals surface area contributed by atoms with Crippen LogP contribution in [-0.2, 0) is 4.79 Å². The highest BCUT2D eigenvalue weighted by Crippen LogP contribution is 2.28. The van der Waals surface area contributed by atoms with Crippen LogP contribution in [0.1, 0.15) is 16.6 Å². The third-order valence-electron chi connectivity index (χ3n) is 4.30. The lowest BCUT2D eigenvalue weighted by atomic mass is 9.99. The summed E-state index contributed by atoms with van der Waals surface area (Å²) in [5, 5.41) is 15.1. The number of thiophene rings is 1. The second kappa shape index (κ2) is 7.57. The summed E-state index contributed by atoms with van der Waals surface area (Å²) in [6.07, 6.45) is 0. The van der Waals surface area contributed by atoms with Gasteiger partial charge in [-0.3, -0.25) is 14.9 Å². The summed E-state index contributed by atoms with van der Waals surface area (Å²) < 4.78 is 0. The Kier molecular flexibility index (Phi) is 5.22. The fraction of sp³-hybridized carbons (Fsp3) is 0.278. The summed E-state index contributed by atoms with van der Waals surface area (Å²) in [5.74, 6) is -1.69. The Morgan fingerprint density at radius 1 is 1.08 bits per heavy atom. The van der Waals surface area contributed by atoms with Crippen LogP contribution in [0, 0.1) is 11.8 Å². The molecule has 2 aromatic rings. The summed E-state index contributed by atoms with van der Waals surface area (Å²) in [4.78, 5) is 37.8. The maximum Gasteiger partial charge on any atom is 0.324 e. The first-order chi connectivity index (χ1) is 12.4. The van der Waals surface area contributed by atoms with E-state index >= 15 is 0 Å². The van der Waals surface area contributed by atoms with Crippen molar-refractivity contribution in [3.05, 3.63) is 47.3 Å². The molecule has 3 amide bonds. The van der Waals surface area contributed by atoms with Gasteiger partial charge in [-0.2, -0.15) is 0 Å². The molecule has 1 saturated heterocycles. The van der Waals surface area contributed by atoms with E-state index in [1.165, 1.54) is 11.3 Å². The number of carboxylic acids is 1. The lowest BCUT2D eigenvalue weighted by Crippen LogP contribution is -2.29. The zero-order valence-corrected chi connectivity index (χ0v) is 15.0. The largest absolute Gasteiger partial charge is 0.481 e. The second-order valence-electron chi connectivity index (χ2n) is 6.24. The van der Waals surface area contributed by atoms with Crippen LogP contribution in [0.25, 0.3) is 0 Å². The summed E-state index contributed by atoms with van der Waals surface area (Å²) in [5.41, 5.74) is 0.670. The number of carboxylic acid groups (broad SMARTS) is 1. The van der Waals surface area contributed by atoms with Crippen molar-refractivity contribution in [1.29, 1.82) is 0 Å². The standard InChI is InChI=1S/C18H19N3O4S/c1-11-9-21(10-13(11)17(23)24)16(22)14-7-8-15(26-14)20-18(25)19-12-5-3-2-4-6-12/h2-8,11,13H,9-10H2,1H3,(H,23,24)(H2,19,20,25)/t11-,13-/m1/s1. The Morgan fingerprint density at radius 2 is 1.81 bits per heavy atom. The fourth-order valence-corrected chi connectivity index (χ4v) is 3.79. The quantitative estimate of drug-likeness (QED) is 0.766. The third kappa shape index (κ3) is 4.02. The van der Waals surface area contributed by atoms with Gasteiger partial charge in [0.2, 0.25) is 0 Å². The number of hydrogen-bond acceptors (Lipinski definition) is 4. The van der Waals surface area contributed by atoms with Crippen molar-refractivity contribution in [1.82, 2.24) is 4.90 Å². The smallest absolute Gasteiger partial charge is 0.324 e. The van der Waals surface area contributed by atoms with Gasteiger partial charge in [-0.25, -0.2) is 4.79 Å². The van der Waals surface area contributed by atoms with Gasteiger partial charge in [-0.15, -0.1) is 11.3 Å². The number of benzene rings is 1. The fourth-order valence-electron chi connectivity index (χ4n) is 2.93. The first-order valence-corrected chi connectivity index (χ1v) is 9.00. The molecule has 1 aliphatic heterocycles. The van der Waals surface area contributed by atoms with E-state index in [4.69, 9.17) is 0 Å². The Balaban J connectivity index is 1.60. The van der Waals surface area contributed by atoms with E-state index in [1.54, 1.807) is 29.2 Å². The molecule has 3 N–H and O–H groups in total. The van der Waals surface area contributed by atoms with Gasteiger partial charge in [0.05, 0.1) is 15.8 Å². The van der Waals surface area contributed by atoms with E-state index in [0.29, 0.717) is 22.1 Å². The maximum absolute atomic E-state index is 12.6. The maximum atomic E-state index is 12.6. The summed E-state index contributed by atoms with van der Waals surface area (Å²) in [6.45, 7) is 2.47. The van der Waals surface area contributed by atoms with E-state index in [2.05, 4.69) is 10.6 Å². The van der Waals surface area contributed by atoms with Crippen LogP contribution in [0.5, 0.6) is 0 Å². The minimum atomic E-state index is -0.876. The number of para-hydroxylation sites is 1. The van der Waals surface area contributed by atoms with Crippen molar-refractivity contribution in [2.75, 3.05) is 23.7 Å². The van der Waals surface area contributed by atoms with E-state index in [1.807, 2.05) is 25.1 Å². The zero-order valence-electron chi connectivity index (χ0n) is 14.1. The van der Waals surface area contributed by atoms with Crippen LogP contribution in [-0.4, -0.2) is 41.0 Å². The molecule has 26 heavy (non-hydrogen) atoms. The number of aliphatic carboxylic acids is 1. The molecular formula is C18H19N3O4S. The molecule has 0 aliphatic carbocycles. The van der Waals surface area contributed by atoms with Crippen LogP contribution >= 0.6 is 11.3 Å². The number of carbonyl (C=O) groups is 3. The lowest BCUT2D eigenvalue weighted by molar-refractivity contribution is -0.142. The van der Waals surface area contributed by atoms with Gasteiger partial charge >= 0.3 is 12.0 Å². The molecule has 0 radical (unpaired) electrons. The van der Waals surface area contributed by atoms with Crippen molar-refractivity contribution >= 4 is 39.9 Å². The minimum Gasteiger partial charge on any atom is -0.481 e. The van der Waals surface area contributed by atoms with Crippen LogP contribution in [0.15, 0.2) is 42.5 Å². The molecule has 1 aromatic heterocycles. The van der Waals surface area contributed by atoms with E-state index < -0.39 is 17.9 Å². The molecule has 0 unspecified atom stereocenters. The number of amides is 3. The molecule has 0 saturated carbocycles. The molecule has 3 rings (SSSR count). The molecule has 2 heterocycles. The van der Waals surface area contributed by atoms with Gasteiger partial charge < -0.3 is 15.3 Å². The molecule has 7 nitrogen and oxygen atoms in total. The molecule has 1 aliphatic rings. The van der Waals surface area contributed by atoms with Crippen molar-refractivity contribution < 1.29 is 19.5 Å². The first kappa shape index (κ1) is 17.9. The average Bonchev–Trinajstić information content (AvgIpc) is 3.22. The van der Waals surface area contributed by atoms with Crippen molar-refractivity contribution in [3.63, 3.8) is 0 Å². The number of anilines is 2. The normalized spacial score (nSPS) is 19.2. The van der Waals surface area contributed by atoms with Crippen LogP contribution < -0.4 is 10.6 Å². The number of hydrogen-bond donors (Lipinski definition) is 3. The molecule has 0 spiro atoms. The highest BCUT2D eigenvalue weighted by Gasteiger charge is 2.37. The highest BCUT2D eigenvalue weighted by atomic mass is 32.1. The van der Waals surface area contributed by atoms with Gasteiger partial charge in [-0.05, 0) is 30.2 Å². The van der Waals surface area contributed by atoms with Crippen LogP contribution in [0.3, 0.4) is 0 Å². The average molecular weight is 373 g/mol. The van der Waals surface area contributed by atoms with Gasteiger partial charge in [-0.1, -0.05) is 25.1 Å². The number of nitrogens with one attached hydrogen (secondary N) is 2. The van der Waals surface area contributed by atoms with Gasteiger partial charge in [0.25, 0.3) is 5.91 Å². The summed E-state index contributed by atoms with van der Waals surface area (Å²) in [7, 11) is 0. The Bertz CT molecular complexity index is 821. The second-order valence-corrected chi connectivity index (χ2v) is 7.32. The van der Waals surface area contributed by atoms with E-state index in [9.17, 15) is 19.5 Å². The number of rotatable bonds is 4. The highest BCUT2D eigenvalue weighted by molar-refractivity contribution is 7.18. The van der Waals surface area contributed by atoms with Gasteiger partial charge in [0.1, 0.15) is 0 Å². The zero-order chi connectivity index (χ0) is 18.7. The summed E-state index contributed by atoms with van der Waals surface area (Å²) >= 11 is 1.17. The van der Waals surface area contributed by atoms with Crippen molar-refractivity contribution in [2.24, 2.45) is 11.8 Å². The Morgan fingerprint density at radius 3 is 2.46 bits per heavy atom. The first-order valence-electron chi connectivity index (χ1n) is 8.19. The van der Waals surface area contributed by atoms with E-state index in [-0.39, 0.29) is 18.4 Å². The monoisotopic (exact) mass is 373 g/mol. The SMILES string of the molecule is C[C@@H]1CN(C(=O)c2ccc(NC(=O)Nc3ccccc3)s2)C[C@H]1C(=O)O. The molecule has 1 fully saturated rings. The van der Waals surface area contributed by atoms with Gasteiger partial charge in [0, 0.05) is 18.8 Å². The Hall–Kier alpha value is -2.87. The van der Waals surface area contributed by atoms with Crippen LogP contribution in [0.2, 0.25) is 0 Å². The minimum absolute atomic E-state index is 0.0781. The van der Waals surface area contributed by atoms with Crippen molar-refractivity contribution in [3.8, 4) is 0 Å². The molecule has 1 aromatic carbocycles. The molecule has 8 heteroatoms. The van der Waals surface area contributed by atoms with Crippen LogP contribution in [0.4, 0.5) is 15.5 Å². The number of urea groups is 1. The Labute approximate surface area is 154 Å². The van der Waals surface area contributed by atoms with Crippen molar-refractivity contribution in [2.45, 2.75) is 6.92 Å². The predicted molar refractivity (Wildman–Crippen MR) is 99.6 cm³/mol. The molecule has 2 atom stereocenters. The summed E-state index contributed by atoms with van der Waals surface area (Å²) in [6, 6.07) is 12.0. The topological polar surface area (TPSA) is 98.7 Å². The number of nitrogens with zero attached hydrogens (tertiary/aromatic N) is 1.